The van der Waals surface area contributed by atoms with Crippen molar-refractivity contribution in [2.24, 2.45) is 23.3 Å². The second-order valence-electron chi connectivity index (χ2n) is 4.39. The molecule has 0 heterocycles. The normalized spacial score (nSPS) is 25.5. The van der Waals surface area contributed by atoms with Gasteiger partial charge in [-0.3, -0.25) is 9.59 Å². The molecule has 0 spiro atoms. The monoisotopic (exact) mass is 264 g/mol. The third kappa shape index (κ3) is 5.02. The van der Waals surface area contributed by atoms with Crippen molar-refractivity contribution in [3.63, 3.8) is 0 Å². The minimum absolute atomic E-state index is 0. The Balaban J connectivity index is 0.00000256. The van der Waals surface area contributed by atoms with E-state index >= 15 is 0 Å². The van der Waals surface area contributed by atoms with Crippen LogP contribution in [0.5, 0.6) is 0 Å². The molecule has 0 amide bonds. The predicted octanol–water partition coefficient (Wildman–Crippen LogP) is 0.243. The Morgan fingerprint density at radius 2 is 1.94 bits per heavy atom. The van der Waals surface area contributed by atoms with Crippen molar-refractivity contribution < 1.29 is 14.3 Å². The molecule has 17 heavy (non-hydrogen) atoms. The molecular weight excluding hydrogens is 244 g/mol. The lowest BCUT2D eigenvalue weighted by atomic mass is 9.79. The van der Waals surface area contributed by atoms with E-state index in [1.54, 1.807) is 0 Å². The van der Waals surface area contributed by atoms with Gasteiger partial charge in [0.25, 0.3) is 6.47 Å². The van der Waals surface area contributed by atoms with E-state index in [4.69, 9.17) is 11.5 Å². The van der Waals surface area contributed by atoms with Crippen molar-refractivity contribution in [3.8, 4) is 0 Å². The lowest BCUT2D eigenvalue weighted by Crippen LogP contribution is -2.40. The molecule has 0 aromatic rings. The molecule has 1 rings (SSSR count). The van der Waals surface area contributed by atoms with Crippen LogP contribution in [0, 0.1) is 11.8 Å². The molecule has 1 fully saturated rings. The Morgan fingerprint density at radius 1 is 1.35 bits per heavy atom. The Hall–Kier alpha value is -0.650. The number of hydrogen-bond acceptors (Lipinski definition) is 5. The molecule has 100 valence electrons. The fourth-order valence-corrected chi connectivity index (χ4v) is 2.21. The number of halogens is 1. The first-order valence-electron chi connectivity index (χ1n) is 5.73. The fraction of sp³-hybridized carbons (Fsp3) is 0.818. The highest BCUT2D eigenvalue weighted by Gasteiger charge is 2.28. The highest BCUT2D eigenvalue weighted by Crippen LogP contribution is 2.29. The van der Waals surface area contributed by atoms with Gasteiger partial charge in [-0.2, -0.15) is 0 Å². The lowest BCUT2D eigenvalue weighted by Gasteiger charge is -2.28. The van der Waals surface area contributed by atoms with E-state index in [2.05, 4.69) is 4.74 Å². The number of ketones is 1. The van der Waals surface area contributed by atoms with Gasteiger partial charge in [0.2, 0.25) is 0 Å². The van der Waals surface area contributed by atoms with Crippen molar-refractivity contribution in [2.45, 2.75) is 31.7 Å². The van der Waals surface area contributed by atoms with Crippen LogP contribution in [0.15, 0.2) is 0 Å². The highest BCUT2D eigenvalue weighted by atomic mass is 35.5. The summed E-state index contributed by atoms with van der Waals surface area (Å²) in [5, 5.41) is 0. The number of nitrogens with two attached hydrogens (primary N) is 2. The number of carbonyl (C=O) groups excluding carboxylic acids is 2. The number of hydrogen-bond donors (Lipinski definition) is 2. The molecule has 0 unspecified atom stereocenters. The van der Waals surface area contributed by atoms with E-state index in [1.807, 2.05) is 0 Å². The van der Waals surface area contributed by atoms with Crippen LogP contribution in [0.2, 0.25) is 0 Å². The first-order valence-corrected chi connectivity index (χ1v) is 5.73. The second-order valence-corrected chi connectivity index (χ2v) is 4.39. The zero-order chi connectivity index (χ0) is 12.0. The molecule has 4 N–H and O–H groups in total. The topological polar surface area (TPSA) is 95.4 Å². The molecule has 0 aromatic carbocycles. The van der Waals surface area contributed by atoms with Gasteiger partial charge in [-0.05, 0) is 38.1 Å². The Morgan fingerprint density at radius 3 is 2.41 bits per heavy atom. The number of Topliss-reactive ketones (excluding diaryl/α,β-unsaturated/α-hetero) is 1. The Bertz CT molecular complexity index is 243. The summed E-state index contributed by atoms with van der Waals surface area (Å²) in [5.41, 5.74) is 11.2. The summed E-state index contributed by atoms with van der Waals surface area (Å²) in [6.45, 7) is 0.999. The van der Waals surface area contributed by atoms with Gasteiger partial charge < -0.3 is 16.2 Å². The molecule has 1 aliphatic carbocycles. The summed E-state index contributed by atoms with van der Waals surface area (Å²) in [6, 6.07) is -0.676. The largest absolute Gasteiger partial charge is 0.466 e. The number of carbonyl (C=O) groups is 2. The zero-order valence-corrected chi connectivity index (χ0v) is 10.7. The molecule has 0 saturated heterocycles. The van der Waals surface area contributed by atoms with Crippen molar-refractivity contribution in [3.05, 3.63) is 0 Å². The van der Waals surface area contributed by atoms with E-state index in [0.29, 0.717) is 18.9 Å². The molecule has 1 aliphatic rings. The molecule has 5 nitrogen and oxygen atoms in total. The minimum atomic E-state index is -0.676. The van der Waals surface area contributed by atoms with Gasteiger partial charge in [-0.15, -0.1) is 12.4 Å². The maximum atomic E-state index is 11.8. The molecule has 0 aromatic heterocycles. The average Bonchev–Trinajstić information content (AvgIpc) is 2.35. The van der Waals surface area contributed by atoms with Crippen LogP contribution in [-0.2, 0) is 14.3 Å². The predicted molar refractivity (Wildman–Crippen MR) is 66.7 cm³/mol. The third-order valence-corrected chi connectivity index (χ3v) is 3.29. The molecule has 1 saturated carbocycles. The molecule has 1 atom stereocenters. The summed E-state index contributed by atoms with van der Waals surface area (Å²) in [5.74, 6) is 0.580. The molecule has 0 radical (unpaired) electrons. The Labute approximate surface area is 108 Å². The SMILES string of the molecule is Cl.NCC1CCC(C(=O)[C@@H](N)COC=O)CC1. The van der Waals surface area contributed by atoms with Crippen LogP contribution >= 0.6 is 12.4 Å². The van der Waals surface area contributed by atoms with Crippen molar-refractivity contribution in [1.82, 2.24) is 0 Å². The van der Waals surface area contributed by atoms with Gasteiger partial charge in [0, 0.05) is 5.92 Å². The first-order chi connectivity index (χ1) is 7.69. The van der Waals surface area contributed by atoms with Crippen molar-refractivity contribution >= 4 is 24.7 Å². The Kier molecular flexibility index (Phi) is 8.12. The molecule has 6 heteroatoms. The average molecular weight is 265 g/mol. The van der Waals surface area contributed by atoms with Crippen LogP contribution in [0.3, 0.4) is 0 Å². The minimum Gasteiger partial charge on any atom is -0.466 e. The van der Waals surface area contributed by atoms with Crippen LogP contribution in [0.1, 0.15) is 25.7 Å². The third-order valence-electron chi connectivity index (χ3n) is 3.29. The van der Waals surface area contributed by atoms with E-state index in [9.17, 15) is 9.59 Å². The van der Waals surface area contributed by atoms with Gasteiger partial charge in [-0.1, -0.05) is 0 Å². The van der Waals surface area contributed by atoms with Gasteiger partial charge in [-0.25, -0.2) is 0 Å². The first kappa shape index (κ1) is 16.4. The van der Waals surface area contributed by atoms with E-state index in [0.717, 1.165) is 25.7 Å². The highest BCUT2D eigenvalue weighted by molar-refractivity contribution is 5.86. The van der Waals surface area contributed by atoms with E-state index in [-0.39, 0.29) is 30.7 Å². The molecular formula is C11H21ClN2O3. The number of ether oxygens (including phenoxy) is 1. The molecule has 0 bridgehead atoms. The van der Waals surface area contributed by atoms with Crippen LogP contribution in [0.25, 0.3) is 0 Å². The van der Waals surface area contributed by atoms with E-state index < -0.39 is 6.04 Å². The summed E-state index contributed by atoms with van der Waals surface area (Å²) >= 11 is 0. The van der Waals surface area contributed by atoms with Crippen LogP contribution in [-0.4, -0.2) is 31.4 Å². The fourth-order valence-electron chi connectivity index (χ4n) is 2.21. The lowest BCUT2D eigenvalue weighted by molar-refractivity contribution is -0.132. The zero-order valence-electron chi connectivity index (χ0n) is 9.84. The van der Waals surface area contributed by atoms with Gasteiger partial charge >= 0.3 is 0 Å². The standard InChI is InChI=1S/C11H20N2O3.ClH/c12-5-8-1-3-9(4-2-8)11(15)10(13)6-16-7-14;/h7-10H,1-6,12-13H2;1H/t8?,9?,10-;/m0./s1. The summed E-state index contributed by atoms with van der Waals surface area (Å²) in [6.07, 6.45) is 3.70. The van der Waals surface area contributed by atoms with Crippen LogP contribution in [0.4, 0.5) is 0 Å². The maximum Gasteiger partial charge on any atom is 0.293 e. The van der Waals surface area contributed by atoms with Crippen molar-refractivity contribution in [1.29, 1.82) is 0 Å². The number of rotatable bonds is 6. The quantitative estimate of drug-likeness (QED) is 0.670. The smallest absolute Gasteiger partial charge is 0.293 e. The van der Waals surface area contributed by atoms with E-state index in [1.165, 1.54) is 0 Å². The second kappa shape index (κ2) is 8.44. The van der Waals surface area contributed by atoms with Gasteiger partial charge in [0.05, 0.1) is 6.04 Å². The van der Waals surface area contributed by atoms with Gasteiger partial charge in [0.1, 0.15) is 6.61 Å². The summed E-state index contributed by atoms with van der Waals surface area (Å²) < 4.78 is 4.50. The molecule has 0 aliphatic heterocycles. The maximum absolute atomic E-state index is 11.8. The summed E-state index contributed by atoms with van der Waals surface area (Å²) in [7, 11) is 0. The van der Waals surface area contributed by atoms with Gasteiger partial charge in [0.15, 0.2) is 5.78 Å². The van der Waals surface area contributed by atoms with Crippen LogP contribution < -0.4 is 11.5 Å². The summed E-state index contributed by atoms with van der Waals surface area (Å²) in [4.78, 5) is 21.8. The van der Waals surface area contributed by atoms with Crippen molar-refractivity contribution in [2.75, 3.05) is 13.2 Å².